The molecule has 0 saturated carbocycles. The Hall–Kier alpha value is -0.470. The third kappa shape index (κ3) is 1.50. The van der Waals surface area contributed by atoms with Crippen LogP contribution in [0, 0.1) is 0 Å². The normalized spacial score (nSPS) is 21.9. The molecule has 0 aliphatic carbocycles. The van der Waals surface area contributed by atoms with Crippen LogP contribution in [0.3, 0.4) is 0 Å². The summed E-state index contributed by atoms with van der Waals surface area (Å²) in [7, 11) is 0. The molecule has 1 aromatic carbocycles. The lowest BCUT2D eigenvalue weighted by Gasteiger charge is -2.24. The molecule has 0 radical (unpaired) electrons. The molecular formula is C10H13NS. The summed E-state index contributed by atoms with van der Waals surface area (Å²) in [6.07, 6.45) is 3.32. The Morgan fingerprint density at radius 1 is 1.33 bits per heavy atom. The van der Waals surface area contributed by atoms with Crippen molar-refractivity contribution in [1.29, 1.82) is 0 Å². The molecule has 1 aliphatic rings. The van der Waals surface area contributed by atoms with Crippen LogP contribution in [-0.4, -0.2) is 11.6 Å². The fourth-order valence-electron chi connectivity index (χ4n) is 1.59. The van der Waals surface area contributed by atoms with E-state index in [0.29, 0.717) is 5.37 Å². The first-order chi connectivity index (χ1) is 5.90. The number of hydrogen-bond acceptors (Lipinski definition) is 2. The summed E-state index contributed by atoms with van der Waals surface area (Å²) in [6, 6.07) is 8.68. The Morgan fingerprint density at radius 3 is 2.83 bits per heavy atom. The second-order valence-corrected chi connectivity index (χ2v) is 4.12. The molecule has 0 aromatic heterocycles. The van der Waals surface area contributed by atoms with Crippen molar-refractivity contribution < 1.29 is 0 Å². The van der Waals surface area contributed by atoms with Gasteiger partial charge in [-0.3, -0.25) is 0 Å². The number of rotatable bonds is 1. The molecule has 1 unspecified atom stereocenters. The van der Waals surface area contributed by atoms with Crippen molar-refractivity contribution in [2.24, 2.45) is 0 Å². The molecule has 1 aromatic rings. The molecule has 1 heterocycles. The van der Waals surface area contributed by atoms with E-state index in [1.165, 1.54) is 11.1 Å². The number of fused-ring (bicyclic) bond motifs is 1. The van der Waals surface area contributed by atoms with Crippen LogP contribution in [0.5, 0.6) is 0 Å². The Kier molecular flexibility index (Phi) is 2.38. The van der Waals surface area contributed by atoms with Crippen LogP contribution in [0.2, 0.25) is 0 Å². The van der Waals surface area contributed by atoms with Gasteiger partial charge in [0.15, 0.2) is 0 Å². The number of thioether (sulfide) groups is 1. The summed E-state index contributed by atoms with van der Waals surface area (Å²) >= 11 is 1.90. The van der Waals surface area contributed by atoms with Gasteiger partial charge in [-0.25, -0.2) is 0 Å². The largest absolute Gasteiger partial charge is 0.301 e. The minimum absolute atomic E-state index is 0.611. The standard InChI is InChI=1S/C10H13NS/c1-12-10-6-8-4-2-3-5-9(8)7-11-10/h2-5,10-11H,6-7H2,1H3. The first-order valence-corrected chi connectivity index (χ1v) is 5.52. The Balaban J connectivity index is 2.23. The van der Waals surface area contributed by atoms with Gasteiger partial charge in [-0.2, -0.15) is 0 Å². The Morgan fingerprint density at radius 2 is 2.08 bits per heavy atom. The van der Waals surface area contributed by atoms with E-state index in [1.54, 1.807) is 0 Å². The highest BCUT2D eigenvalue weighted by Gasteiger charge is 2.15. The van der Waals surface area contributed by atoms with Crippen molar-refractivity contribution >= 4 is 11.8 Å². The minimum Gasteiger partial charge on any atom is -0.301 e. The van der Waals surface area contributed by atoms with Crippen LogP contribution >= 0.6 is 11.8 Å². The van der Waals surface area contributed by atoms with Gasteiger partial charge in [0.2, 0.25) is 0 Å². The Bertz CT molecular complexity index is 272. The van der Waals surface area contributed by atoms with Crippen molar-refractivity contribution in [2.75, 3.05) is 6.26 Å². The molecule has 0 bridgehead atoms. The van der Waals surface area contributed by atoms with Crippen molar-refractivity contribution in [3.63, 3.8) is 0 Å². The van der Waals surface area contributed by atoms with Gasteiger partial charge in [-0.1, -0.05) is 24.3 Å². The van der Waals surface area contributed by atoms with Crippen molar-refractivity contribution in [2.45, 2.75) is 18.3 Å². The van der Waals surface area contributed by atoms with Crippen LogP contribution in [0.1, 0.15) is 11.1 Å². The molecule has 1 N–H and O–H groups in total. The maximum absolute atomic E-state index is 3.49. The molecule has 0 amide bonds. The van der Waals surface area contributed by atoms with Crippen LogP contribution < -0.4 is 5.32 Å². The zero-order chi connectivity index (χ0) is 8.39. The summed E-state index contributed by atoms with van der Waals surface area (Å²) in [6.45, 7) is 1.03. The lowest BCUT2D eigenvalue weighted by Crippen LogP contribution is -2.32. The van der Waals surface area contributed by atoms with Gasteiger partial charge >= 0.3 is 0 Å². The van der Waals surface area contributed by atoms with Crippen molar-refractivity contribution in [3.05, 3.63) is 35.4 Å². The zero-order valence-corrected chi connectivity index (χ0v) is 8.03. The van der Waals surface area contributed by atoms with E-state index in [-0.39, 0.29) is 0 Å². The molecular weight excluding hydrogens is 166 g/mol. The summed E-state index contributed by atoms with van der Waals surface area (Å²) in [5.41, 5.74) is 2.97. The van der Waals surface area contributed by atoms with Gasteiger partial charge in [0.1, 0.15) is 0 Å². The van der Waals surface area contributed by atoms with E-state index in [9.17, 15) is 0 Å². The average Bonchev–Trinajstić information content (AvgIpc) is 2.17. The molecule has 2 heteroatoms. The predicted octanol–water partition coefficient (Wildman–Crippen LogP) is 2.02. The highest BCUT2D eigenvalue weighted by Crippen LogP contribution is 2.20. The summed E-state index contributed by atoms with van der Waals surface area (Å²) < 4.78 is 0. The third-order valence-electron chi connectivity index (χ3n) is 2.33. The number of benzene rings is 1. The van der Waals surface area contributed by atoms with Crippen LogP contribution in [0.25, 0.3) is 0 Å². The van der Waals surface area contributed by atoms with Gasteiger partial charge in [-0.05, 0) is 23.8 Å². The van der Waals surface area contributed by atoms with Crippen LogP contribution in [-0.2, 0) is 13.0 Å². The zero-order valence-electron chi connectivity index (χ0n) is 7.21. The minimum atomic E-state index is 0.611. The van der Waals surface area contributed by atoms with Gasteiger partial charge in [-0.15, -0.1) is 11.8 Å². The SMILES string of the molecule is CSC1Cc2ccccc2CN1. The maximum Gasteiger partial charge on any atom is 0.0572 e. The molecule has 1 nitrogen and oxygen atoms in total. The monoisotopic (exact) mass is 179 g/mol. The van der Waals surface area contributed by atoms with Crippen molar-refractivity contribution in [3.8, 4) is 0 Å². The fraction of sp³-hybridized carbons (Fsp3) is 0.400. The van der Waals surface area contributed by atoms with Crippen LogP contribution in [0.4, 0.5) is 0 Å². The van der Waals surface area contributed by atoms with Gasteiger partial charge in [0.25, 0.3) is 0 Å². The van der Waals surface area contributed by atoms with Gasteiger partial charge < -0.3 is 5.32 Å². The molecule has 1 atom stereocenters. The topological polar surface area (TPSA) is 12.0 Å². The van der Waals surface area contributed by atoms with E-state index < -0.39 is 0 Å². The lowest BCUT2D eigenvalue weighted by molar-refractivity contribution is 0.606. The molecule has 12 heavy (non-hydrogen) atoms. The predicted molar refractivity (Wildman–Crippen MR) is 54.3 cm³/mol. The average molecular weight is 179 g/mol. The quantitative estimate of drug-likeness (QED) is 0.708. The molecule has 2 rings (SSSR count). The summed E-state index contributed by atoms with van der Waals surface area (Å²) in [4.78, 5) is 0. The second-order valence-electron chi connectivity index (χ2n) is 3.08. The van der Waals surface area contributed by atoms with E-state index >= 15 is 0 Å². The first-order valence-electron chi connectivity index (χ1n) is 4.23. The van der Waals surface area contributed by atoms with E-state index in [4.69, 9.17) is 0 Å². The van der Waals surface area contributed by atoms with Gasteiger partial charge in [0.05, 0.1) is 5.37 Å². The number of hydrogen-bond donors (Lipinski definition) is 1. The van der Waals surface area contributed by atoms with Crippen molar-refractivity contribution in [1.82, 2.24) is 5.32 Å². The van der Waals surface area contributed by atoms with Gasteiger partial charge in [0, 0.05) is 6.54 Å². The smallest absolute Gasteiger partial charge is 0.0572 e. The molecule has 1 aliphatic heterocycles. The summed E-state index contributed by atoms with van der Waals surface area (Å²) in [5, 5.41) is 4.10. The van der Waals surface area contributed by atoms with E-state index in [1.807, 2.05) is 11.8 Å². The number of nitrogens with one attached hydrogen (secondary N) is 1. The molecule has 0 saturated heterocycles. The lowest BCUT2D eigenvalue weighted by atomic mass is 10.0. The highest BCUT2D eigenvalue weighted by atomic mass is 32.2. The van der Waals surface area contributed by atoms with E-state index in [0.717, 1.165) is 13.0 Å². The molecule has 0 spiro atoms. The summed E-state index contributed by atoms with van der Waals surface area (Å²) in [5.74, 6) is 0. The Labute approximate surface area is 77.6 Å². The van der Waals surface area contributed by atoms with Crippen LogP contribution in [0.15, 0.2) is 24.3 Å². The first kappa shape index (κ1) is 8.14. The fourth-order valence-corrected chi connectivity index (χ4v) is 2.19. The third-order valence-corrected chi connectivity index (χ3v) is 3.23. The second kappa shape index (κ2) is 3.50. The highest BCUT2D eigenvalue weighted by molar-refractivity contribution is 7.99. The maximum atomic E-state index is 3.49. The molecule has 64 valence electrons. The van der Waals surface area contributed by atoms with E-state index in [2.05, 4.69) is 35.8 Å². The molecule has 0 fully saturated rings.